The molecule has 1 atom stereocenters. The number of carbonyl (C=O) groups is 1. The van der Waals surface area contributed by atoms with Crippen molar-refractivity contribution in [1.29, 1.82) is 0 Å². The van der Waals surface area contributed by atoms with Crippen LogP contribution in [0.2, 0.25) is 0 Å². The van der Waals surface area contributed by atoms with Crippen LogP contribution >= 0.6 is 0 Å². The van der Waals surface area contributed by atoms with Crippen LogP contribution in [0, 0.1) is 0 Å². The number of carboxylic acids is 1. The van der Waals surface area contributed by atoms with Crippen LogP contribution < -0.4 is 4.74 Å². The van der Waals surface area contributed by atoms with Gasteiger partial charge in [-0.3, -0.25) is 25.6 Å². The van der Waals surface area contributed by atoms with Gasteiger partial charge in [0, 0.05) is 0 Å². The topological polar surface area (TPSA) is 152 Å². The van der Waals surface area contributed by atoms with E-state index in [1.807, 2.05) is 0 Å². The first-order valence-corrected chi connectivity index (χ1v) is 5.96. The van der Waals surface area contributed by atoms with Crippen molar-refractivity contribution in [3.05, 3.63) is 29.8 Å². The van der Waals surface area contributed by atoms with Gasteiger partial charge in [0.15, 0.2) is 0 Å². The number of aliphatic carboxylic acids is 1. The molecular weight excluding hydrogens is 304 g/mol. The highest BCUT2D eigenvalue weighted by Crippen LogP contribution is 2.13. The summed E-state index contributed by atoms with van der Waals surface area (Å²) in [7, 11) is 0. The maximum absolute atomic E-state index is 10.5. The van der Waals surface area contributed by atoms with E-state index in [2.05, 4.69) is 9.68 Å². The zero-order chi connectivity index (χ0) is 16.5. The normalized spacial score (nSPS) is 12.6. The molecule has 0 aromatic heterocycles. The summed E-state index contributed by atoms with van der Waals surface area (Å²) in [5, 5.41) is 41.5. The Balaban J connectivity index is 2.50. The molecule has 1 aromatic rings. The summed E-state index contributed by atoms with van der Waals surface area (Å²) in [5.41, 5.74) is 0.587. The van der Waals surface area contributed by atoms with Gasteiger partial charge in [-0.1, -0.05) is 12.1 Å². The maximum Gasteiger partial charge on any atom is 0.307 e. The lowest BCUT2D eigenvalue weighted by Gasteiger charge is -2.19. The lowest BCUT2D eigenvalue weighted by Crippen LogP contribution is -2.35. The van der Waals surface area contributed by atoms with E-state index in [-0.39, 0.29) is 13.0 Å². The van der Waals surface area contributed by atoms with Gasteiger partial charge < -0.3 is 9.84 Å². The van der Waals surface area contributed by atoms with Gasteiger partial charge in [-0.25, -0.2) is 9.68 Å². The molecule has 22 heavy (non-hydrogen) atoms. The van der Waals surface area contributed by atoms with Crippen LogP contribution in [-0.2, 0) is 20.9 Å². The predicted molar refractivity (Wildman–Crippen MR) is 64.9 cm³/mol. The molecular formula is C11H16N2O9. The molecule has 0 aliphatic rings. The molecule has 1 aromatic carbocycles. The Hall–Kier alpha value is -1.83. The molecule has 0 saturated carbocycles. The van der Waals surface area contributed by atoms with Crippen molar-refractivity contribution in [2.24, 2.45) is 0 Å². The average molecular weight is 320 g/mol. The van der Waals surface area contributed by atoms with E-state index < -0.39 is 29.5 Å². The molecule has 0 radical (unpaired) electrons. The van der Waals surface area contributed by atoms with Crippen LogP contribution in [0.1, 0.15) is 5.56 Å². The zero-order valence-corrected chi connectivity index (χ0v) is 11.3. The third-order valence-electron chi connectivity index (χ3n) is 2.33. The molecule has 0 fully saturated rings. The number of ether oxygens (including phenoxy) is 1. The van der Waals surface area contributed by atoms with E-state index in [0.29, 0.717) is 11.3 Å². The summed E-state index contributed by atoms with van der Waals surface area (Å²) in [6.45, 7) is -0.675. The fraction of sp³-hybridized carbons (Fsp3) is 0.364. The highest BCUT2D eigenvalue weighted by molar-refractivity contribution is 5.70. The molecule has 0 bridgehead atoms. The summed E-state index contributed by atoms with van der Waals surface area (Å²) < 4.78 is 5.28. The number of rotatable bonds is 10. The lowest BCUT2D eigenvalue weighted by molar-refractivity contribution is -0.527. The molecule has 0 saturated heterocycles. The van der Waals surface area contributed by atoms with E-state index in [0.717, 1.165) is 0 Å². The van der Waals surface area contributed by atoms with Crippen molar-refractivity contribution in [1.82, 2.24) is 10.8 Å². The second-order valence-corrected chi connectivity index (χ2v) is 4.05. The minimum Gasteiger partial charge on any atom is -0.491 e. The SMILES string of the molecule is O=C(O)Cc1ccc(OCC(CON(O)O)ON(O)O)cc1. The third kappa shape index (κ3) is 7.82. The quantitative estimate of drug-likeness (QED) is 0.373. The predicted octanol–water partition coefficient (Wildman–Crippen LogP) is 0.0851. The van der Waals surface area contributed by atoms with Crippen molar-refractivity contribution in [2.45, 2.75) is 12.5 Å². The average Bonchev–Trinajstić information content (AvgIpc) is 2.42. The second-order valence-electron chi connectivity index (χ2n) is 4.05. The number of benzene rings is 1. The Kier molecular flexibility index (Phi) is 7.65. The minimum absolute atomic E-state index is 0.118. The van der Waals surface area contributed by atoms with E-state index in [4.69, 9.17) is 30.7 Å². The Morgan fingerprint density at radius 2 is 1.68 bits per heavy atom. The largest absolute Gasteiger partial charge is 0.491 e. The Bertz CT molecular complexity index is 451. The Morgan fingerprint density at radius 3 is 2.18 bits per heavy atom. The first kappa shape index (κ1) is 18.2. The number of carboxylic acid groups (broad SMARTS) is 1. The summed E-state index contributed by atoms with van der Waals surface area (Å²) >= 11 is 0. The molecule has 11 heteroatoms. The minimum atomic E-state index is -1.07. The van der Waals surface area contributed by atoms with E-state index in [1.54, 1.807) is 12.1 Å². The first-order chi connectivity index (χ1) is 10.4. The van der Waals surface area contributed by atoms with Crippen LogP contribution in [0.3, 0.4) is 0 Å². The van der Waals surface area contributed by atoms with Crippen LogP contribution in [0.5, 0.6) is 5.75 Å². The summed E-state index contributed by atoms with van der Waals surface area (Å²) in [5.74, 6) is -0.585. The van der Waals surface area contributed by atoms with E-state index >= 15 is 0 Å². The fourth-order valence-corrected chi connectivity index (χ4v) is 1.46. The van der Waals surface area contributed by atoms with Gasteiger partial charge in [0.2, 0.25) is 0 Å². The van der Waals surface area contributed by atoms with Crippen LogP contribution in [0.25, 0.3) is 0 Å². The molecule has 0 amide bonds. The maximum atomic E-state index is 10.5. The number of hydrogen-bond donors (Lipinski definition) is 5. The molecule has 5 N–H and O–H groups in total. The molecule has 11 nitrogen and oxygen atoms in total. The molecule has 1 rings (SSSR count). The van der Waals surface area contributed by atoms with Crippen LogP contribution in [0.15, 0.2) is 24.3 Å². The van der Waals surface area contributed by atoms with Gasteiger partial charge in [-0.05, 0) is 17.7 Å². The molecule has 0 heterocycles. The van der Waals surface area contributed by atoms with Gasteiger partial charge in [-0.15, -0.1) is 0 Å². The summed E-state index contributed by atoms with van der Waals surface area (Å²) in [6.07, 6.45) is -1.19. The number of nitrogens with zero attached hydrogens (tertiary/aromatic N) is 2. The first-order valence-electron chi connectivity index (χ1n) is 5.96. The molecule has 124 valence electrons. The highest BCUT2D eigenvalue weighted by atomic mass is 17.1. The van der Waals surface area contributed by atoms with Crippen molar-refractivity contribution in [3.63, 3.8) is 0 Å². The van der Waals surface area contributed by atoms with Gasteiger partial charge in [-0.2, -0.15) is 0 Å². The standard InChI is InChI=1S/C11H16N2O9/c14-11(15)5-8-1-3-9(4-2-8)20-6-10(22-13(18)19)7-21-12(16)17/h1-4,10,16-19H,5-7H2,(H,14,15). The van der Waals surface area contributed by atoms with E-state index in [1.165, 1.54) is 12.1 Å². The van der Waals surface area contributed by atoms with E-state index in [9.17, 15) is 4.79 Å². The monoisotopic (exact) mass is 320 g/mol. The molecule has 1 unspecified atom stereocenters. The third-order valence-corrected chi connectivity index (χ3v) is 2.33. The van der Waals surface area contributed by atoms with Crippen LogP contribution in [0.4, 0.5) is 0 Å². The van der Waals surface area contributed by atoms with Crippen molar-refractivity contribution in [2.75, 3.05) is 13.2 Å². The van der Waals surface area contributed by atoms with Crippen molar-refractivity contribution < 1.29 is 45.1 Å². The summed E-state index contributed by atoms with van der Waals surface area (Å²) in [4.78, 5) is 19.3. The molecule has 0 aliphatic carbocycles. The molecule has 0 aliphatic heterocycles. The molecule has 0 spiro atoms. The van der Waals surface area contributed by atoms with Gasteiger partial charge >= 0.3 is 5.97 Å². The summed E-state index contributed by atoms with van der Waals surface area (Å²) in [6, 6.07) is 6.17. The lowest BCUT2D eigenvalue weighted by atomic mass is 10.1. The fourth-order valence-electron chi connectivity index (χ4n) is 1.46. The van der Waals surface area contributed by atoms with Gasteiger partial charge in [0.25, 0.3) is 0 Å². The second kappa shape index (κ2) is 9.24. The van der Waals surface area contributed by atoms with Crippen molar-refractivity contribution in [3.8, 4) is 5.75 Å². The Morgan fingerprint density at radius 1 is 1.05 bits per heavy atom. The Labute approximate surface area is 124 Å². The highest BCUT2D eigenvalue weighted by Gasteiger charge is 2.16. The van der Waals surface area contributed by atoms with Crippen LogP contribution in [-0.4, -0.2) is 62.0 Å². The smallest absolute Gasteiger partial charge is 0.307 e. The zero-order valence-electron chi connectivity index (χ0n) is 11.3. The van der Waals surface area contributed by atoms with Gasteiger partial charge in [0.1, 0.15) is 25.1 Å². The number of hydrogen-bond acceptors (Lipinski definition) is 10. The van der Waals surface area contributed by atoms with Crippen molar-refractivity contribution >= 4 is 5.97 Å². The van der Waals surface area contributed by atoms with Gasteiger partial charge in [0.05, 0.1) is 17.2 Å².